The first-order valence-corrected chi connectivity index (χ1v) is 12.0. The fourth-order valence-corrected chi connectivity index (χ4v) is 5.98. The predicted octanol–water partition coefficient (Wildman–Crippen LogP) is 3.00. The number of benzene rings is 2. The number of anilines is 1. The Labute approximate surface area is 182 Å². The summed E-state index contributed by atoms with van der Waals surface area (Å²) in [6.45, 7) is 2.88. The van der Waals surface area contributed by atoms with Crippen molar-refractivity contribution >= 4 is 27.6 Å². The lowest BCUT2D eigenvalue weighted by atomic mass is 10.1. The number of sulfonamides is 1. The lowest BCUT2D eigenvalue weighted by Gasteiger charge is -2.26. The second-order valence-corrected chi connectivity index (χ2v) is 9.84. The molecule has 2 aromatic carbocycles. The van der Waals surface area contributed by atoms with Gasteiger partial charge in [-0.1, -0.05) is 24.3 Å². The number of hydrogen-bond acceptors (Lipinski definition) is 5. The molecule has 0 radical (unpaired) electrons. The summed E-state index contributed by atoms with van der Waals surface area (Å²) in [7, 11) is -3.86. The molecule has 8 heteroatoms. The average Bonchev–Trinajstić information content (AvgIpc) is 3.14. The smallest absolute Gasteiger partial charge is 0.338 e. The molecule has 0 N–H and O–H groups in total. The maximum absolute atomic E-state index is 13.4. The Bertz CT molecular complexity index is 1090. The number of piperidine rings is 1. The van der Waals surface area contributed by atoms with Crippen LogP contribution in [0.2, 0.25) is 0 Å². The molecule has 1 amide bonds. The molecule has 0 aliphatic carbocycles. The van der Waals surface area contributed by atoms with Gasteiger partial charge in [0.1, 0.15) is 0 Å². The normalized spacial score (nSPS) is 18.5. The van der Waals surface area contributed by atoms with Gasteiger partial charge in [-0.25, -0.2) is 13.2 Å². The zero-order valence-corrected chi connectivity index (χ0v) is 18.3. The van der Waals surface area contributed by atoms with Gasteiger partial charge in [-0.05, 0) is 62.4 Å². The van der Waals surface area contributed by atoms with Gasteiger partial charge in [0.2, 0.25) is 0 Å². The number of para-hydroxylation sites is 1. The molecule has 1 atom stereocenters. The Morgan fingerprint density at radius 3 is 2.55 bits per heavy atom. The lowest BCUT2D eigenvalue weighted by Crippen LogP contribution is -2.38. The van der Waals surface area contributed by atoms with Crippen LogP contribution in [0, 0.1) is 0 Å². The topological polar surface area (TPSA) is 84.0 Å². The number of hydrogen-bond donors (Lipinski definition) is 0. The maximum atomic E-state index is 13.4. The molecule has 7 nitrogen and oxygen atoms in total. The minimum Gasteiger partial charge on any atom is -0.452 e. The molecule has 0 saturated carbocycles. The molecule has 2 aromatic rings. The van der Waals surface area contributed by atoms with Crippen LogP contribution in [0.4, 0.5) is 5.69 Å². The van der Waals surface area contributed by atoms with Crippen LogP contribution in [0.25, 0.3) is 0 Å². The van der Waals surface area contributed by atoms with E-state index >= 15 is 0 Å². The molecule has 2 aliphatic heterocycles. The van der Waals surface area contributed by atoms with Crippen LogP contribution in [-0.4, -0.2) is 50.9 Å². The fourth-order valence-electron chi connectivity index (χ4n) is 4.25. The van der Waals surface area contributed by atoms with Crippen molar-refractivity contribution in [1.82, 2.24) is 4.90 Å². The number of carbonyl (C=O) groups is 2. The summed E-state index contributed by atoms with van der Waals surface area (Å²) in [5.74, 6) is -0.934. The highest BCUT2D eigenvalue weighted by Gasteiger charge is 2.36. The summed E-state index contributed by atoms with van der Waals surface area (Å²) >= 11 is 0. The predicted molar refractivity (Wildman–Crippen MR) is 116 cm³/mol. The van der Waals surface area contributed by atoms with Crippen molar-refractivity contribution in [3.05, 3.63) is 59.7 Å². The van der Waals surface area contributed by atoms with E-state index in [2.05, 4.69) is 0 Å². The van der Waals surface area contributed by atoms with E-state index in [0.717, 1.165) is 24.8 Å². The van der Waals surface area contributed by atoms with E-state index in [1.807, 2.05) is 25.1 Å². The third kappa shape index (κ3) is 4.30. The summed E-state index contributed by atoms with van der Waals surface area (Å²) in [6, 6.07) is 13.0. The highest BCUT2D eigenvalue weighted by molar-refractivity contribution is 7.92. The molecule has 1 fully saturated rings. The van der Waals surface area contributed by atoms with Gasteiger partial charge in [-0.2, -0.15) is 0 Å². The van der Waals surface area contributed by atoms with E-state index in [4.69, 9.17) is 4.74 Å². The first kappa shape index (κ1) is 21.4. The Kier molecular flexibility index (Phi) is 6.00. The third-order valence-electron chi connectivity index (χ3n) is 5.81. The largest absolute Gasteiger partial charge is 0.452 e. The first-order chi connectivity index (χ1) is 14.9. The number of amides is 1. The lowest BCUT2D eigenvalue weighted by molar-refractivity contribution is -0.135. The van der Waals surface area contributed by atoms with Crippen molar-refractivity contribution < 1.29 is 22.7 Å². The third-order valence-corrected chi connectivity index (χ3v) is 7.73. The van der Waals surface area contributed by atoms with Crippen molar-refractivity contribution in [1.29, 1.82) is 0 Å². The highest BCUT2D eigenvalue weighted by Crippen LogP contribution is 2.36. The molecule has 0 bridgehead atoms. The van der Waals surface area contributed by atoms with Crippen molar-refractivity contribution in [2.24, 2.45) is 0 Å². The van der Waals surface area contributed by atoms with Gasteiger partial charge < -0.3 is 9.64 Å². The molecule has 2 heterocycles. The average molecular weight is 443 g/mol. The zero-order valence-electron chi connectivity index (χ0n) is 17.5. The molecular formula is C23H26N2O5S. The minimum absolute atomic E-state index is 0.0212. The first-order valence-electron chi connectivity index (χ1n) is 10.6. The van der Waals surface area contributed by atoms with Crippen LogP contribution in [-0.2, 0) is 26.0 Å². The number of ether oxygens (including phenoxy) is 1. The monoisotopic (exact) mass is 442 g/mol. The summed E-state index contributed by atoms with van der Waals surface area (Å²) < 4.78 is 33.3. The van der Waals surface area contributed by atoms with E-state index in [-0.39, 0.29) is 29.0 Å². The van der Waals surface area contributed by atoms with Gasteiger partial charge in [-0.3, -0.25) is 9.10 Å². The van der Waals surface area contributed by atoms with Crippen LogP contribution >= 0.6 is 0 Å². The summed E-state index contributed by atoms with van der Waals surface area (Å²) in [5.41, 5.74) is 1.74. The van der Waals surface area contributed by atoms with Gasteiger partial charge >= 0.3 is 5.97 Å². The zero-order chi connectivity index (χ0) is 22.0. The van der Waals surface area contributed by atoms with Gasteiger partial charge in [0.05, 0.1) is 16.1 Å². The molecule has 1 saturated heterocycles. The number of esters is 1. The van der Waals surface area contributed by atoms with Crippen molar-refractivity contribution in [3.63, 3.8) is 0 Å². The number of rotatable bonds is 5. The highest BCUT2D eigenvalue weighted by atomic mass is 32.2. The molecule has 31 heavy (non-hydrogen) atoms. The molecule has 164 valence electrons. The molecule has 4 rings (SSSR count). The van der Waals surface area contributed by atoms with Crippen LogP contribution < -0.4 is 4.31 Å². The van der Waals surface area contributed by atoms with Crippen molar-refractivity contribution in [3.8, 4) is 0 Å². The fraction of sp³-hybridized carbons (Fsp3) is 0.391. The summed E-state index contributed by atoms with van der Waals surface area (Å²) in [5, 5.41) is 0. The molecule has 0 aromatic heterocycles. The van der Waals surface area contributed by atoms with Crippen molar-refractivity contribution in [2.45, 2.75) is 43.5 Å². The molecular weight excluding hydrogens is 416 g/mol. The van der Waals surface area contributed by atoms with E-state index in [9.17, 15) is 18.0 Å². The van der Waals surface area contributed by atoms with Crippen LogP contribution in [0.3, 0.4) is 0 Å². The maximum Gasteiger partial charge on any atom is 0.338 e. The number of likely N-dealkylation sites (tertiary alicyclic amines) is 1. The minimum atomic E-state index is -3.86. The number of nitrogens with zero attached hydrogens (tertiary/aromatic N) is 2. The molecule has 0 spiro atoms. The molecule has 2 aliphatic rings. The van der Waals surface area contributed by atoms with Gasteiger partial charge in [0.25, 0.3) is 15.9 Å². The Hall–Kier alpha value is -2.87. The van der Waals surface area contributed by atoms with Crippen LogP contribution in [0.15, 0.2) is 53.4 Å². The van der Waals surface area contributed by atoms with E-state index in [1.165, 1.54) is 28.6 Å². The number of carbonyl (C=O) groups excluding carboxylic acids is 2. The quantitative estimate of drug-likeness (QED) is 0.665. The Balaban J connectivity index is 1.50. The van der Waals surface area contributed by atoms with E-state index in [0.29, 0.717) is 25.2 Å². The van der Waals surface area contributed by atoms with Crippen LogP contribution in [0.5, 0.6) is 0 Å². The van der Waals surface area contributed by atoms with Gasteiger partial charge in [-0.15, -0.1) is 0 Å². The van der Waals surface area contributed by atoms with Gasteiger partial charge in [0, 0.05) is 19.1 Å². The second kappa shape index (κ2) is 8.70. The Morgan fingerprint density at radius 1 is 1.03 bits per heavy atom. The standard InChI is InChI=1S/C23H26N2O5S/c1-17-14-18-8-3-4-11-21(18)25(17)31(28,29)20-10-7-9-19(15-20)23(27)30-16-22(26)24-12-5-2-6-13-24/h3-4,7-11,15,17H,2,5-6,12-14,16H2,1H3/t17-/m1/s1. The summed E-state index contributed by atoms with van der Waals surface area (Å²) in [4.78, 5) is 26.4. The van der Waals surface area contributed by atoms with Crippen LogP contribution in [0.1, 0.15) is 42.1 Å². The SMILES string of the molecule is C[C@@H]1Cc2ccccc2N1S(=O)(=O)c1cccc(C(=O)OCC(=O)N2CCCCC2)c1. The Morgan fingerprint density at radius 2 is 1.77 bits per heavy atom. The van der Waals surface area contributed by atoms with Crippen molar-refractivity contribution in [2.75, 3.05) is 24.0 Å². The van der Waals surface area contributed by atoms with E-state index < -0.39 is 16.0 Å². The number of fused-ring (bicyclic) bond motifs is 1. The second-order valence-electron chi connectivity index (χ2n) is 8.03. The van der Waals surface area contributed by atoms with Gasteiger partial charge in [0.15, 0.2) is 6.61 Å². The van der Waals surface area contributed by atoms with E-state index in [1.54, 1.807) is 11.0 Å². The summed E-state index contributed by atoms with van der Waals surface area (Å²) in [6.07, 6.45) is 3.65. The molecule has 0 unspecified atom stereocenters.